The van der Waals surface area contributed by atoms with Crippen LogP contribution in [0.5, 0.6) is 23.0 Å². The average Bonchev–Trinajstić information content (AvgIpc) is 1.59. The van der Waals surface area contributed by atoms with Gasteiger partial charge in [0.15, 0.2) is 0 Å². The number of piperidine rings is 4. The summed E-state index contributed by atoms with van der Waals surface area (Å²) in [6.45, 7) is 35.5. The minimum atomic E-state index is -2.75. The van der Waals surface area contributed by atoms with Gasteiger partial charge in [-0.3, -0.25) is 28.7 Å². The Bertz CT molecular complexity index is 6310. The summed E-state index contributed by atoms with van der Waals surface area (Å²) in [5.74, 6) is 5.97. The second kappa shape index (κ2) is 41.3. The van der Waals surface area contributed by atoms with Crippen LogP contribution in [0.15, 0.2) is 190 Å². The molecular weight excluding hydrogens is 1760 g/mol. The summed E-state index contributed by atoms with van der Waals surface area (Å²) in [6, 6.07) is 48.5. The van der Waals surface area contributed by atoms with Gasteiger partial charge in [-0.05, 0) is 312 Å². The molecule has 0 radical (unpaired) electrons. The van der Waals surface area contributed by atoms with E-state index in [-0.39, 0.29) is 12.1 Å². The van der Waals surface area contributed by atoms with Crippen molar-refractivity contribution < 1.29 is 54.8 Å². The molecule has 0 unspecified atom stereocenters. The molecule has 28 heteroatoms. The number of carbonyl (C=O) groups is 2. The summed E-state index contributed by atoms with van der Waals surface area (Å²) < 4.78 is 118. The highest BCUT2D eigenvalue weighted by atomic mass is 32.2. The lowest BCUT2D eigenvalue weighted by Crippen LogP contribution is -2.36. The van der Waals surface area contributed by atoms with Crippen LogP contribution in [0.25, 0.3) is 43.6 Å². The third-order valence-corrected chi connectivity index (χ3v) is 31.6. The number of hydrogen-bond acceptors (Lipinski definition) is 20. The fourth-order valence-corrected chi connectivity index (χ4v) is 22.4. The number of aromatic nitrogens is 4. The van der Waals surface area contributed by atoms with Crippen molar-refractivity contribution in [1.29, 1.82) is 19.1 Å². The SMILES string of the molecule is COc1cc(C)c2[nH]ccc2c1CN1CC[C@@H](C)C[C@H]1c1ccc([S@@](C)(=N)=O)cc1.COc1cc(C)c2[nH]ccc2c1CN1CC[C@@H](C)C[C@H]1c1ccc([S@](C)(=N)=O)cc1.COc1cc(C)c2c(ccn2C(=O)OC(C)(C)C)c1CN1CC[C@@H](C)C[C@H]1c1ccc([S@@](C)(=N)=O)cc1.COc1cc(C)c2c(ccn2C(=O)OC(C)(C)C)c1CN1CC[C@@H](C)C[C@H]1c1ccc([S@](C)(=N)=O)cc1. The number of benzene rings is 8. The van der Waals surface area contributed by atoms with Crippen LogP contribution in [0.3, 0.4) is 0 Å². The van der Waals surface area contributed by atoms with Gasteiger partial charge < -0.3 is 38.4 Å². The number of aromatic amines is 2. The molecule has 16 rings (SSSR count). The zero-order valence-electron chi connectivity index (χ0n) is 82.3. The molecule has 4 saturated heterocycles. The van der Waals surface area contributed by atoms with Crippen molar-refractivity contribution in [3.05, 3.63) is 237 Å². The van der Waals surface area contributed by atoms with Gasteiger partial charge in [0, 0.05) is 175 Å². The van der Waals surface area contributed by atoms with Gasteiger partial charge in [-0.25, -0.2) is 45.5 Å². The van der Waals surface area contributed by atoms with Gasteiger partial charge in [-0.1, -0.05) is 76.2 Å². The third-order valence-electron chi connectivity index (χ3n) is 26.9. The molecule has 0 spiro atoms. The Morgan fingerprint density at radius 2 is 0.590 bits per heavy atom. The topological polar surface area (TPSA) is 308 Å². The predicted octanol–water partition coefficient (Wildman–Crippen LogP) is 24.5. The maximum absolute atomic E-state index is 13.0. The summed E-state index contributed by atoms with van der Waals surface area (Å²) in [6.07, 6.45) is 21.4. The summed E-state index contributed by atoms with van der Waals surface area (Å²) in [5, 5.41) is 4.41. The zero-order chi connectivity index (χ0) is 97.2. The van der Waals surface area contributed by atoms with Gasteiger partial charge in [-0.2, -0.15) is 0 Å². The standard InChI is InChI=1S/2C29H39N3O4S.2C24H31N3O2S/c2*1-19-12-14-31(25(16-19)21-8-10-22(11-9-21)37(7,30)34)18-24-23-13-15-32(28(33)36-29(3,4)5)27(23)20(2)17-26(24)35-6;2*1-16-10-12-27(22(13-16)18-5-7-19(8-6-18)30(4,25)28)15-21-20-9-11-26-24(20)17(2)14-23(21)29-3/h2*8-11,13,15,17,19,25,30H,12,14,16,18H2,1-7H3;2*5-9,11,14,16,22,25-26H,10,12-13,15H2,1-4H3/t19-,25+,37+;19-,25+,37-;16-,22+,30+;16-,22+,30-/m1111/s1. The number of aryl methyl sites for hydroxylation is 4. The van der Waals surface area contributed by atoms with Crippen LogP contribution in [0.4, 0.5) is 9.59 Å². The first kappa shape index (κ1) is 101. The Kier molecular flexibility index (Phi) is 31.2. The molecule has 0 saturated carbocycles. The molecule has 0 amide bonds. The van der Waals surface area contributed by atoms with Crippen molar-refractivity contribution in [2.45, 2.75) is 229 Å². The average molecular weight is 1900 g/mol. The molecule has 6 N–H and O–H groups in total. The van der Waals surface area contributed by atoms with Crippen molar-refractivity contribution in [3.63, 3.8) is 0 Å². The molecule has 4 aliphatic heterocycles. The number of nitrogens with zero attached hydrogens (tertiary/aromatic N) is 6. The number of ether oxygens (including phenoxy) is 6. The highest BCUT2D eigenvalue weighted by molar-refractivity contribution is 7.92. The number of hydrogen-bond donors (Lipinski definition) is 6. The van der Waals surface area contributed by atoms with Crippen molar-refractivity contribution in [3.8, 4) is 23.0 Å². The Labute approximate surface area is 794 Å². The molecule has 24 nitrogen and oxygen atoms in total. The molecule has 0 aliphatic carbocycles. The molecule has 4 fully saturated rings. The van der Waals surface area contributed by atoms with E-state index in [1.54, 1.807) is 50.0 Å². The predicted molar refractivity (Wildman–Crippen MR) is 541 cm³/mol. The Hall–Kier alpha value is -10.3. The lowest BCUT2D eigenvalue weighted by atomic mass is 9.87. The molecule has 720 valence electrons. The van der Waals surface area contributed by atoms with Crippen LogP contribution < -0.4 is 18.9 Å². The number of methoxy groups -OCH3 is 4. The van der Waals surface area contributed by atoms with E-state index in [1.807, 2.05) is 165 Å². The smallest absolute Gasteiger partial charge is 0.419 e. The monoisotopic (exact) mass is 1900 g/mol. The Balaban J connectivity index is 0.000000152. The number of nitrogens with one attached hydrogen (secondary N) is 6. The van der Waals surface area contributed by atoms with E-state index in [4.69, 9.17) is 47.5 Å². The van der Waals surface area contributed by atoms with Gasteiger partial charge in [0.2, 0.25) is 0 Å². The fourth-order valence-electron chi connectivity index (χ4n) is 19.8. The quantitative estimate of drug-likeness (QED) is 0.0413. The molecule has 0 bridgehead atoms. The molecule has 12 aromatic rings. The van der Waals surface area contributed by atoms with Gasteiger partial charge in [0.05, 0.1) is 78.4 Å². The van der Waals surface area contributed by atoms with E-state index in [0.717, 1.165) is 156 Å². The summed E-state index contributed by atoms with van der Waals surface area (Å²) >= 11 is 0. The molecule has 4 aromatic heterocycles. The molecular formula is C106H140N12O12S4. The van der Waals surface area contributed by atoms with Gasteiger partial charge in [-0.15, -0.1) is 0 Å². The lowest BCUT2D eigenvalue weighted by molar-refractivity contribution is 0.0533. The highest BCUT2D eigenvalue weighted by Gasteiger charge is 2.36. The van der Waals surface area contributed by atoms with Crippen LogP contribution in [-0.2, 0) is 74.6 Å². The van der Waals surface area contributed by atoms with Gasteiger partial charge in [0.1, 0.15) is 34.2 Å². The Morgan fingerprint density at radius 3 is 0.813 bits per heavy atom. The highest BCUT2D eigenvalue weighted by Crippen LogP contribution is 2.46. The first-order valence-electron chi connectivity index (χ1n) is 46.5. The largest absolute Gasteiger partial charge is 0.496 e. The van der Waals surface area contributed by atoms with E-state index < -0.39 is 62.3 Å². The van der Waals surface area contributed by atoms with Crippen LogP contribution in [0, 0.1) is 70.5 Å². The number of carbonyl (C=O) groups excluding carboxylic acids is 2. The summed E-state index contributed by atoms with van der Waals surface area (Å²) in [4.78, 5) is 45.0. The van der Waals surface area contributed by atoms with Gasteiger partial charge >= 0.3 is 12.2 Å². The summed E-state index contributed by atoms with van der Waals surface area (Å²) in [5.41, 5.74) is 16.4. The van der Waals surface area contributed by atoms with E-state index in [9.17, 15) is 26.4 Å². The summed E-state index contributed by atoms with van der Waals surface area (Å²) in [7, 11) is -4.01. The molecule has 134 heavy (non-hydrogen) atoms. The lowest BCUT2D eigenvalue weighted by Gasteiger charge is -2.39. The van der Waals surface area contributed by atoms with E-state index in [0.29, 0.717) is 68.4 Å². The first-order valence-corrected chi connectivity index (χ1v) is 54.4. The molecule has 12 atom stereocenters. The van der Waals surface area contributed by atoms with Crippen molar-refractivity contribution in [1.82, 2.24) is 38.7 Å². The minimum Gasteiger partial charge on any atom is -0.496 e. The van der Waals surface area contributed by atoms with E-state index in [1.165, 1.54) is 93.1 Å². The maximum Gasteiger partial charge on any atom is 0.419 e. The molecule has 8 heterocycles. The normalized spacial score (nSPS) is 21.2. The maximum atomic E-state index is 13.0. The van der Waals surface area contributed by atoms with Crippen molar-refractivity contribution in [2.75, 3.05) is 79.6 Å². The van der Waals surface area contributed by atoms with Crippen molar-refractivity contribution in [2.24, 2.45) is 23.7 Å². The van der Waals surface area contributed by atoms with E-state index >= 15 is 0 Å². The zero-order valence-corrected chi connectivity index (χ0v) is 85.6. The number of likely N-dealkylation sites (tertiary alicyclic amines) is 4. The number of rotatable bonds is 20. The molecule has 4 aliphatic rings. The Morgan fingerprint density at radius 1 is 0.358 bits per heavy atom. The minimum absolute atomic E-state index is 0.186. The van der Waals surface area contributed by atoms with Crippen LogP contribution in [0.2, 0.25) is 0 Å². The third kappa shape index (κ3) is 23.7. The number of H-pyrrole nitrogens is 2. The van der Waals surface area contributed by atoms with Crippen LogP contribution in [0.1, 0.15) is 212 Å². The first-order chi connectivity index (χ1) is 63.1. The second-order valence-electron chi connectivity index (χ2n) is 40.0. The van der Waals surface area contributed by atoms with Crippen molar-refractivity contribution >= 4 is 94.7 Å². The second-order valence-corrected chi connectivity index (χ2v) is 48.6. The molecule has 8 aromatic carbocycles. The van der Waals surface area contributed by atoms with E-state index in [2.05, 4.69) is 120 Å². The number of fused-ring (bicyclic) bond motifs is 4. The fraction of sp³-hybridized carbons (Fsp3) is 0.453. The van der Waals surface area contributed by atoms with Crippen LogP contribution >= 0.6 is 0 Å². The van der Waals surface area contributed by atoms with Gasteiger partial charge in [0.25, 0.3) is 0 Å². The van der Waals surface area contributed by atoms with Crippen LogP contribution in [-0.4, -0.2) is 159 Å².